The van der Waals surface area contributed by atoms with Crippen LogP contribution < -0.4 is 0 Å². The molecule has 0 saturated carbocycles. The van der Waals surface area contributed by atoms with Crippen LogP contribution in [-0.2, 0) is 4.79 Å². The van der Waals surface area contributed by atoms with Crippen LogP contribution in [0.15, 0.2) is 11.6 Å². The lowest BCUT2D eigenvalue weighted by Crippen LogP contribution is -1.93. The Kier molecular flexibility index (Phi) is 12.0. The first-order valence-electron chi connectivity index (χ1n) is 7.15. The van der Waals surface area contributed by atoms with E-state index in [2.05, 4.69) is 13.0 Å². The predicted octanol–water partition coefficient (Wildman–Crippen LogP) is 3.91. The van der Waals surface area contributed by atoms with Crippen molar-refractivity contribution in [3.05, 3.63) is 11.6 Å². The van der Waals surface area contributed by atoms with Crippen LogP contribution in [0, 0.1) is 0 Å². The molecule has 0 aliphatic carbocycles. The average Bonchev–Trinajstić information content (AvgIpc) is 2.33. The Morgan fingerprint density at radius 1 is 0.944 bits per heavy atom. The van der Waals surface area contributed by atoms with Gasteiger partial charge in [0.15, 0.2) is 0 Å². The molecule has 2 N–H and O–H groups in total. The van der Waals surface area contributed by atoms with Gasteiger partial charge in [-0.1, -0.05) is 30.9 Å². The van der Waals surface area contributed by atoms with Crippen LogP contribution >= 0.6 is 0 Å². The van der Waals surface area contributed by atoms with Gasteiger partial charge in [0.05, 0.1) is 0 Å². The van der Waals surface area contributed by atoms with Crippen LogP contribution in [0.2, 0.25) is 0 Å². The summed E-state index contributed by atoms with van der Waals surface area (Å²) in [5, 5.41) is 17.1. The zero-order valence-corrected chi connectivity index (χ0v) is 11.7. The SMILES string of the molecule is CC(=CCCCCCCC(=O)O)CCCCCO. The predicted molar refractivity (Wildman–Crippen MR) is 74.6 cm³/mol. The minimum Gasteiger partial charge on any atom is -0.481 e. The van der Waals surface area contributed by atoms with Gasteiger partial charge in [-0.2, -0.15) is 0 Å². The Morgan fingerprint density at radius 2 is 1.56 bits per heavy atom. The van der Waals surface area contributed by atoms with Crippen LogP contribution in [0.3, 0.4) is 0 Å². The highest BCUT2D eigenvalue weighted by Crippen LogP contribution is 2.11. The van der Waals surface area contributed by atoms with E-state index in [1.54, 1.807) is 0 Å². The summed E-state index contributed by atoms with van der Waals surface area (Å²) in [7, 11) is 0. The summed E-state index contributed by atoms with van der Waals surface area (Å²) >= 11 is 0. The van der Waals surface area contributed by atoms with Crippen molar-refractivity contribution in [2.75, 3.05) is 6.61 Å². The van der Waals surface area contributed by atoms with Gasteiger partial charge < -0.3 is 10.2 Å². The average molecular weight is 256 g/mol. The molecule has 0 amide bonds. The summed E-state index contributed by atoms with van der Waals surface area (Å²) in [5.74, 6) is -0.686. The van der Waals surface area contributed by atoms with Crippen molar-refractivity contribution in [1.82, 2.24) is 0 Å². The number of carbonyl (C=O) groups is 1. The first kappa shape index (κ1) is 17.2. The van der Waals surface area contributed by atoms with Gasteiger partial charge in [-0.25, -0.2) is 0 Å². The van der Waals surface area contributed by atoms with Crippen molar-refractivity contribution in [3.8, 4) is 0 Å². The Morgan fingerprint density at radius 3 is 2.22 bits per heavy atom. The van der Waals surface area contributed by atoms with E-state index in [1.165, 1.54) is 12.0 Å². The van der Waals surface area contributed by atoms with E-state index in [0.717, 1.165) is 51.4 Å². The van der Waals surface area contributed by atoms with Crippen molar-refractivity contribution in [2.24, 2.45) is 0 Å². The van der Waals surface area contributed by atoms with Crippen LogP contribution in [0.1, 0.15) is 71.1 Å². The number of unbranched alkanes of at least 4 members (excludes halogenated alkanes) is 6. The van der Waals surface area contributed by atoms with E-state index in [1.807, 2.05) is 0 Å². The first-order chi connectivity index (χ1) is 8.66. The molecule has 18 heavy (non-hydrogen) atoms. The highest BCUT2D eigenvalue weighted by atomic mass is 16.4. The van der Waals surface area contributed by atoms with E-state index in [-0.39, 0.29) is 0 Å². The number of carboxylic acid groups (broad SMARTS) is 1. The van der Waals surface area contributed by atoms with Crippen molar-refractivity contribution in [3.63, 3.8) is 0 Å². The first-order valence-corrected chi connectivity index (χ1v) is 7.15. The van der Waals surface area contributed by atoms with Crippen molar-refractivity contribution < 1.29 is 15.0 Å². The second-order valence-electron chi connectivity index (χ2n) is 4.93. The van der Waals surface area contributed by atoms with Gasteiger partial charge in [0.1, 0.15) is 0 Å². The topological polar surface area (TPSA) is 57.5 Å². The molecule has 0 spiro atoms. The lowest BCUT2D eigenvalue weighted by molar-refractivity contribution is -0.137. The fourth-order valence-electron chi connectivity index (χ4n) is 1.92. The zero-order chi connectivity index (χ0) is 13.6. The van der Waals surface area contributed by atoms with Crippen molar-refractivity contribution in [2.45, 2.75) is 71.1 Å². The molecule has 0 fully saturated rings. The minimum absolute atomic E-state index is 0.305. The van der Waals surface area contributed by atoms with E-state index >= 15 is 0 Å². The van der Waals surface area contributed by atoms with E-state index < -0.39 is 5.97 Å². The number of allylic oxidation sites excluding steroid dienone is 2. The molecule has 0 aliphatic heterocycles. The summed E-state index contributed by atoms with van der Waals surface area (Å²) in [4.78, 5) is 10.3. The lowest BCUT2D eigenvalue weighted by atomic mass is 10.1. The maximum Gasteiger partial charge on any atom is 0.303 e. The largest absolute Gasteiger partial charge is 0.481 e. The molecule has 0 aliphatic rings. The van der Waals surface area contributed by atoms with E-state index in [9.17, 15) is 4.79 Å². The fraction of sp³-hybridized carbons (Fsp3) is 0.800. The molecule has 0 radical (unpaired) electrons. The second-order valence-corrected chi connectivity index (χ2v) is 4.93. The summed E-state index contributed by atoms with van der Waals surface area (Å²) in [5.41, 5.74) is 1.44. The standard InChI is InChI=1S/C15H28O3/c1-14(11-7-5-9-13-16)10-6-3-2-4-8-12-15(17)18/h10,16H,2-9,11-13H2,1H3,(H,17,18). The molecule has 3 heteroatoms. The Balaban J connectivity index is 3.31. The van der Waals surface area contributed by atoms with Gasteiger partial charge in [-0.15, -0.1) is 0 Å². The molecular weight excluding hydrogens is 228 g/mol. The van der Waals surface area contributed by atoms with Gasteiger partial charge in [-0.3, -0.25) is 4.79 Å². The number of hydrogen-bond acceptors (Lipinski definition) is 2. The zero-order valence-electron chi connectivity index (χ0n) is 11.7. The number of hydrogen-bond donors (Lipinski definition) is 2. The molecule has 0 aromatic rings. The third kappa shape index (κ3) is 13.2. The number of rotatable bonds is 12. The molecule has 0 aromatic carbocycles. The Hall–Kier alpha value is -0.830. The van der Waals surface area contributed by atoms with E-state index in [0.29, 0.717) is 13.0 Å². The normalized spacial score (nSPS) is 11.8. The van der Waals surface area contributed by atoms with Gasteiger partial charge in [0, 0.05) is 13.0 Å². The van der Waals surface area contributed by atoms with Crippen LogP contribution in [-0.4, -0.2) is 22.8 Å². The third-order valence-electron chi connectivity index (χ3n) is 3.07. The fourth-order valence-corrected chi connectivity index (χ4v) is 1.92. The number of aliphatic hydroxyl groups is 1. The molecule has 106 valence electrons. The molecule has 0 rings (SSSR count). The van der Waals surface area contributed by atoms with Gasteiger partial charge in [-0.05, 0) is 45.4 Å². The van der Waals surface area contributed by atoms with Crippen LogP contribution in [0.4, 0.5) is 0 Å². The molecule has 0 unspecified atom stereocenters. The molecule has 0 atom stereocenters. The van der Waals surface area contributed by atoms with Gasteiger partial charge >= 0.3 is 5.97 Å². The Bertz CT molecular complexity index is 234. The molecule has 3 nitrogen and oxygen atoms in total. The van der Waals surface area contributed by atoms with Crippen LogP contribution in [0.25, 0.3) is 0 Å². The molecular formula is C15H28O3. The highest BCUT2D eigenvalue weighted by molar-refractivity contribution is 5.66. The molecule has 0 bridgehead atoms. The Labute approximate surface area is 111 Å². The number of aliphatic carboxylic acids is 1. The minimum atomic E-state index is -0.686. The summed E-state index contributed by atoms with van der Waals surface area (Å²) in [6.07, 6.45) is 12.2. The lowest BCUT2D eigenvalue weighted by Gasteiger charge is -2.02. The monoisotopic (exact) mass is 256 g/mol. The quantitative estimate of drug-likeness (QED) is 0.411. The smallest absolute Gasteiger partial charge is 0.303 e. The van der Waals surface area contributed by atoms with E-state index in [4.69, 9.17) is 10.2 Å². The summed E-state index contributed by atoms with van der Waals surface area (Å²) < 4.78 is 0. The number of aliphatic hydroxyl groups excluding tert-OH is 1. The highest BCUT2D eigenvalue weighted by Gasteiger charge is 1.96. The summed E-state index contributed by atoms with van der Waals surface area (Å²) in [6, 6.07) is 0. The maximum atomic E-state index is 10.3. The van der Waals surface area contributed by atoms with Crippen molar-refractivity contribution >= 4 is 5.97 Å². The van der Waals surface area contributed by atoms with Crippen LogP contribution in [0.5, 0.6) is 0 Å². The second kappa shape index (κ2) is 12.6. The summed E-state index contributed by atoms with van der Waals surface area (Å²) in [6.45, 7) is 2.47. The molecule has 0 heterocycles. The molecule has 0 saturated heterocycles. The van der Waals surface area contributed by atoms with Gasteiger partial charge in [0.25, 0.3) is 0 Å². The molecule has 0 aromatic heterocycles. The third-order valence-corrected chi connectivity index (χ3v) is 3.07. The maximum absolute atomic E-state index is 10.3. The number of carboxylic acids is 1. The van der Waals surface area contributed by atoms with Crippen molar-refractivity contribution in [1.29, 1.82) is 0 Å². The van der Waals surface area contributed by atoms with Gasteiger partial charge in [0.2, 0.25) is 0 Å².